The van der Waals surface area contributed by atoms with Gasteiger partial charge in [0.1, 0.15) is 0 Å². The molecule has 0 fully saturated rings. The molecule has 0 saturated carbocycles. The van der Waals surface area contributed by atoms with E-state index in [4.69, 9.17) is 16.7 Å². The molecule has 0 heterocycles. The van der Waals surface area contributed by atoms with E-state index in [1.165, 1.54) is 24.3 Å². The van der Waals surface area contributed by atoms with Gasteiger partial charge in [0.05, 0.1) is 23.0 Å². The Morgan fingerprint density at radius 1 is 1.50 bits per heavy atom. The molecule has 0 unspecified atom stereocenters. The molecule has 0 aliphatic carbocycles. The summed E-state index contributed by atoms with van der Waals surface area (Å²) in [6, 6.07) is 5.34. The summed E-state index contributed by atoms with van der Waals surface area (Å²) in [4.78, 5) is 22.0. The lowest BCUT2D eigenvalue weighted by Crippen LogP contribution is -2.29. The van der Waals surface area contributed by atoms with E-state index in [9.17, 15) is 14.9 Å². The Morgan fingerprint density at radius 2 is 2.22 bits per heavy atom. The molecule has 94 valence electrons. The average molecular weight is 269 g/mol. The third kappa shape index (κ3) is 3.64. The van der Waals surface area contributed by atoms with Crippen LogP contribution in [0.1, 0.15) is 0 Å². The van der Waals surface area contributed by atoms with Gasteiger partial charge in [0.15, 0.2) is 0 Å². The third-order valence-electron chi connectivity index (χ3n) is 2.01. The number of rotatable bonds is 3. The number of nitro benzene ring substituents is 1. The number of benzene rings is 1. The maximum Gasteiger partial charge on any atom is 0.412 e. The molecule has 1 aromatic carbocycles. The molecule has 0 radical (unpaired) electrons. The van der Waals surface area contributed by atoms with Crippen LogP contribution in [0.2, 0.25) is 0 Å². The first-order chi connectivity index (χ1) is 8.56. The number of nitro groups is 1. The molecular formula is C11H9ClN2O4. The number of alkyl halides is 1. The van der Waals surface area contributed by atoms with Crippen LogP contribution in [0, 0.1) is 22.0 Å². The largest absolute Gasteiger partial charge is 0.465 e. The van der Waals surface area contributed by atoms with Gasteiger partial charge >= 0.3 is 6.09 Å². The van der Waals surface area contributed by atoms with Crippen molar-refractivity contribution < 1.29 is 14.8 Å². The summed E-state index contributed by atoms with van der Waals surface area (Å²) in [6.45, 7) is -0.0940. The number of carboxylic acid groups (broad SMARTS) is 1. The van der Waals surface area contributed by atoms with Crippen LogP contribution >= 0.6 is 11.6 Å². The van der Waals surface area contributed by atoms with Crippen LogP contribution in [0.25, 0.3) is 0 Å². The van der Waals surface area contributed by atoms with Crippen molar-refractivity contribution in [2.75, 3.05) is 17.3 Å². The molecule has 0 aliphatic rings. The van der Waals surface area contributed by atoms with Gasteiger partial charge in [0, 0.05) is 12.1 Å². The molecule has 0 aromatic heterocycles. The minimum atomic E-state index is -1.24. The molecule has 0 atom stereocenters. The predicted octanol–water partition coefficient (Wildman–Crippen LogP) is 2.32. The van der Waals surface area contributed by atoms with Crippen molar-refractivity contribution in [2.24, 2.45) is 0 Å². The Hall–Kier alpha value is -2.26. The first-order valence-corrected chi connectivity index (χ1v) is 5.36. The van der Waals surface area contributed by atoms with Crippen molar-refractivity contribution in [3.63, 3.8) is 0 Å². The van der Waals surface area contributed by atoms with Crippen molar-refractivity contribution in [3.8, 4) is 11.8 Å². The van der Waals surface area contributed by atoms with Crippen molar-refractivity contribution >= 4 is 29.1 Å². The van der Waals surface area contributed by atoms with E-state index >= 15 is 0 Å². The van der Waals surface area contributed by atoms with E-state index in [-0.39, 0.29) is 23.8 Å². The maximum atomic E-state index is 11.0. The van der Waals surface area contributed by atoms with Crippen molar-refractivity contribution in [3.05, 3.63) is 34.4 Å². The second-order valence-corrected chi connectivity index (χ2v) is 3.40. The number of halogens is 1. The number of anilines is 1. The molecule has 6 nitrogen and oxygen atoms in total. The van der Waals surface area contributed by atoms with E-state index in [2.05, 4.69) is 11.8 Å². The first kappa shape index (κ1) is 13.8. The smallest absolute Gasteiger partial charge is 0.412 e. The Balaban J connectivity index is 3.02. The van der Waals surface area contributed by atoms with Crippen LogP contribution < -0.4 is 4.90 Å². The molecule has 0 bridgehead atoms. The average Bonchev–Trinajstić information content (AvgIpc) is 2.34. The minimum Gasteiger partial charge on any atom is -0.465 e. The molecule has 1 N–H and O–H groups in total. The number of hydrogen-bond acceptors (Lipinski definition) is 3. The summed E-state index contributed by atoms with van der Waals surface area (Å²) < 4.78 is 0. The Kier molecular flexibility index (Phi) is 4.96. The molecule has 0 saturated heterocycles. The van der Waals surface area contributed by atoms with Crippen LogP contribution in [0.5, 0.6) is 0 Å². The normalized spacial score (nSPS) is 9.17. The SMILES string of the molecule is O=C(O)N(CC#CCCl)c1cccc([N+](=O)[O-])c1. The standard InChI is InChI=1S/C11H9ClN2O4/c12-6-1-2-7-13(11(15)16)9-4-3-5-10(8-9)14(17)18/h3-5,8H,6-7H2,(H,15,16). The van der Waals surface area contributed by atoms with Gasteiger partial charge in [0.2, 0.25) is 0 Å². The number of hydrogen-bond donors (Lipinski definition) is 1. The Bertz CT molecular complexity index is 521. The fourth-order valence-electron chi connectivity index (χ4n) is 1.23. The predicted molar refractivity (Wildman–Crippen MR) is 67.0 cm³/mol. The lowest BCUT2D eigenvalue weighted by Gasteiger charge is -2.15. The fourth-order valence-corrected chi connectivity index (χ4v) is 1.32. The summed E-state index contributed by atoms with van der Waals surface area (Å²) >= 11 is 5.35. The van der Waals surface area contributed by atoms with Crippen LogP contribution in [0.3, 0.4) is 0 Å². The van der Waals surface area contributed by atoms with Gasteiger partial charge in [-0.2, -0.15) is 0 Å². The number of nitrogens with zero attached hydrogens (tertiary/aromatic N) is 2. The highest BCUT2D eigenvalue weighted by Gasteiger charge is 2.15. The van der Waals surface area contributed by atoms with E-state index in [0.29, 0.717) is 0 Å². The lowest BCUT2D eigenvalue weighted by atomic mass is 10.2. The highest BCUT2D eigenvalue weighted by atomic mass is 35.5. The topological polar surface area (TPSA) is 83.7 Å². The summed E-state index contributed by atoms with van der Waals surface area (Å²) in [6.07, 6.45) is -1.24. The lowest BCUT2D eigenvalue weighted by molar-refractivity contribution is -0.384. The van der Waals surface area contributed by atoms with Gasteiger partial charge in [-0.15, -0.1) is 11.6 Å². The molecule has 1 amide bonds. The van der Waals surface area contributed by atoms with Crippen LogP contribution in [0.15, 0.2) is 24.3 Å². The first-order valence-electron chi connectivity index (χ1n) is 4.83. The second-order valence-electron chi connectivity index (χ2n) is 3.13. The summed E-state index contributed by atoms with van der Waals surface area (Å²) in [5, 5.41) is 19.6. The Labute approximate surface area is 108 Å². The third-order valence-corrected chi connectivity index (χ3v) is 2.15. The van der Waals surface area contributed by atoms with E-state index in [0.717, 1.165) is 4.90 Å². The summed E-state index contributed by atoms with van der Waals surface area (Å²) in [5.74, 6) is 5.17. The zero-order chi connectivity index (χ0) is 13.5. The zero-order valence-corrected chi connectivity index (χ0v) is 9.92. The molecule has 0 spiro atoms. The number of carbonyl (C=O) groups is 1. The molecule has 7 heteroatoms. The van der Waals surface area contributed by atoms with Crippen LogP contribution in [0.4, 0.5) is 16.2 Å². The van der Waals surface area contributed by atoms with Gasteiger partial charge in [0.25, 0.3) is 5.69 Å². The minimum absolute atomic E-state index is 0.0940. The highest BCUT2D eigenvalue weighted by Crippen LogP contribution is 2.20. The number of non-ortho nitro benzene ring substituents is 1. The van der Waals surface area contributed by atoms with Crippen LogP contribution in [-0.2, 0) is 0 Å². The molecule has 0 aliphatic heterocycles. The van der Waals surface area contributed by atoms with E-state index in [1.807, 2.05) is 0 Å². The van der Waals surface area contributed by atoms with Crippen molar-refractivity contribution in [1.82, 2.24) is 0 Å². The molecular weight excluding hydrogens is 260 g/mol. The van der Waals surface area contributed by atoms with Gasteiger partial charge in [-0.3, -0.25) is 15.0 Å². The van der Waals surface area contributed by atoms with Gasteiger partial charge in [-0.25, -0.2) is 4.79 Å². The van der Waals surface area contributed by atoms with Crippen molar-refractivity contribution in [2.45, 2.75) is 0 Å². The molecule has 1 rings (SSSR count). The molecule has 18 heavy (non-hydrogen) atoms. The van der Waals surface area contributed by atoms with Crippen molar-refractivity contribution in [1.29, 1.82) is 0 Å². The zero-order valence-electron chi connectivity index (χ0n) is 9.17. The maximum absolute atomic E-state index is 11.0. The second kappa shape index (κ2) is 6.47. The van der Waals surface area contributed by atoms with E-state index < -0.39 is 11.0 Å². The van der Waals surface area contributed by atoms with E-state index in [1.54, 1.807) is 0 Å². The fraction of sp³-hybridized carbons (Fsp3) is 0.182. The highest BCUT2D eigenvalue weighted by molar-refractivity contribution is 6.19. The summed E-state index contributed by atoms with van der Waals surface area (Å²) in [7, 11) is 0. The Morgan fingerprint density at radius 3 is 2.78 bits per heavy atom. The van der Waals surface area contributed by atoms with Gasteiger partial charge in [-0.1, -0.05) is 17.9 Å². The molecule has 1 aromatic rings. The van der Waals surface area contributed by atoms with Gasteiger partial charge < -0.3 is 5.11 Å². The quantitative estimate of drug-likeness (QED) is 0.395. The monoisotopic (exact) mass is 268 g/mol. The number of amides is 1. The summed E-state index contributed by atoms with van der Waals surface area (Å²) in [5.41, 5.74) is 0.0182. The van der Waals surface area contributed by atoms with Crippen LogP contribution in [-0.4, -0.2) is 28.5 Å². The van der Waals surface area contributed by atoms with Gasteiger partial charge in [-0.05, 0) is 6.07 Å².